The van der Waals surface area contributed by atoms with Crippen molar-refractivity contribution in [2.45, 2.75) is 32.6 Å². The van der Waals surface area contributed by atoms with Crippen LogP contribution >= 0.6 is 11.3 Å². The molecule has 0 spiro atoms. The number of esters is 1. The van der Waals surface area contributed by atoms with Crippen molar-refractivity contribution in [1.82, 2.24) is 4.98 Å². The summed E-state index contributed by atoms with van der Waals surface area (Å²) in [4.78, 5) is 28.0. The standard InChI is InChI=1S/C17H18N2O3S/c1-2-22-16(21)14-10-23-17(18-14)19-15(20)13-8-7-11-5-3-4-6-12(11)9-13/h7-10H,2-6H2,1H3,(H,18,19,20). The Morgan fingerprint density at radius 3 is 2.83 bits per heavy atom. The van der Waals surface area contributed by atoms with Crippen LogP contribution in [0.2, 0.25) is 0 Å². The van der Waals surface area contributed by atoms with Crippen LogP contribution in [0.1, 0.15) is 51.7 Å². The third-order valence-corrected chi connectivity index (χ3v) is 4.58. The minimum atomic E-state index is -0.474. The lowest BCUT2D eigenvalue weighted by atomic mass is 9.90. The summed E-state index contributed by atoms with van der Waals surface area (Å²) in [7, 11) is 0. The highest BCUT2D eigenvalue weighted by molar-refractivity contribution is 7.14. The number of benzene rings is 1. The number of carbonyl (C=O) groups excluding carboxylic acids is 2. The van der Waals surface area contributed by atoms with Gasteiger partial charge in [0.15, 0.2) is 10.8 Å². The lowest BCUT2D eigenvalue weighted by molar-refractivity contribution is 0.0520. The zero-order valence-electron chi connectivity index (χ0n) is 12.9. The Morgan fingerprint density at radius 1 is 1.26 bits per heavy atom. The summed E-state index contributed by atoms with van der Waals surface area (Å²) in [6.07, 6.45) is 4.51. The number of ether oxygens (including phenoxy) is 1. The predicted molar refractivity (Wildman–Crippen MR) is 89.1 cm³/mol. The van der Waals surface area contributed by atoms with E-state index in [1.165, 1.54) is 35.3 Å². The van der Waals surface area contributed by atoms with E-state index < -0.39 is 5.97 Å². The summed E-state index contributed by atoms with van der Waals surface area (Å²) in [5, 5.41) is 4.73. The number of fused-ring (bicyclic) bond motifs is 1. The van der Waals surface area contributed by atoms with Gasteiger partial charge in [-0.25, -0.2) is 9.78 Å². The first-order valence-electron chi connectivity index (χ1n) is 7.73. The molecule has 1 aromatic carbocycles. The van der Waals surface area contributed by atoms with Crippen LogP contribution in [0.4, 0.5) is 5.13 Å². The van der Waals surface area contributed by atoms with Crippen LogP contribution in [0, 0.1) is 0 Å². The number of aromatic nitrogens is 1. The molecule has 0 saturated heterocycles. The molecule has 3 rings (SSSR count). The monoisotopic (exact) mass is 330 g/mol. The predicted octanol–water partition coefficient (Wildman–Crippen LogP) is 3.45. The van der Waals surface area contributed by atoms with Crippen molar-refractivity contribution in [3.63, 3.8) is 0 Å². The number of nitrogens with zero attached hydrogens (tertiary/aromatic N) is 1. The number of hydrogen-bond donors (Lipinski definition) is 1. The topological polar surface area (TPSA) is 68.3 Å². The molecule has 0 aliphatic heterocycles. The maximum Gasteiger partial charge on any atom is 0.357 e. The highest BCUT2D eigenvalue weighted by atomic mass is 32.1. The second kappa shape index (κ2) is 6.91. The molecular weight excluding hydrogens is 312 g/mol. The quantitative estimate of drug-likeness (QED) is 0.872. The summed E-state index contributed by atoms with van der Waals surface area (Å²) in [6, 6.07) is 5.85. The Bertz CT molecular complexity index is 739. The highest BCUT2D eigenvalue weighted by Gasteiger charge is 2.16. The van der Waals surface area contributed by atoms with E-state index in [-0.39, 0.29) is 11.6 Å². The molecule has 23 heavy (non-hydrogen) atoms. The lowest BCUT2D eigenvalue weighted by Crippen LogP contribution is -2.14. The van der Waals surface area contributed by atoms with Gasteiger partial charge in [-0.05, 0) is 55.9 Å². The zero-order valence-corrected chi connectivity index (χ0v) is 13.7. The Hall–Kier alpha value is -2.21. The molecule has 0 bridgehead atoms. The number of anilines is 1. The van der Waals surface area contributed by atoms with E-state index in [1.54, 1.807) is 12.3 Å². The van der Waals surface area contributed by atoms with E-state index in [4.69, 9.17) is 4.74 Å². The molecule has 1 N–H and O–H groups in total. The van der Waals surface area contributed by atoms with Crippen molar-refractivity contribution in [2.75, 3.05) is 11.9 Å². The van der Waals surface area contributed by atoms with Gasteiger partial charge in [-0.15, -0.1) is 11.3 Å². The molecule has 0 atom stereocenters. The van der Waals surface area contributed by atoms with E-state index in [9.17, 15) is 9.59 Å². The molecule has 1 aliphatic carbocycles. The number of nitrogens with one attached hydrogen (secondary N) is 1. The van der Waals surface area contributed by atoms with E-state index in [1.807, 2.05) is 18.2 Å². The summed E-state index contributed by atoms with van der Waals surface area (Å²) in [6.45, 7) is 2.04. The molecule has 120 valence electrons. The van der Waals surface area contributed by atoms with Gasteiger partial charge < -0.3 is 4.74 Å². The van der Waals surface area contributed by atoms with Gasteiger partial charge in [-0.2, -0.15) is 0 Å². The minimum Gasteiger partial charge on any atom is -0.461 e. The number of carbonyl (C=O) groups is 2. The molecular formula is C17H18N2O3S. The molecule has 0 radical (unpaired) electrons. The van der Waals surface area contributed by atoms with Crippen molar-refractivity contribution in [1.29, 1.82) is 0 Å². The van der Waals surface area contributed by atoms with Crippen LogP contribution in [0.25, 0.3) is 0 Å². The molecule has 5 nitrogen and oxygen atoms in total. The van der Waals surface area contributed by atoms with Crippen LogP contribution < -0.4 is 5.32 Å². The summed E-state index contributed by atoms with van der Waals surface area (Å²) >= 11 is 1.21. The Morgan fingerprint density at radius 2 is 2.04 bits per heavy atom. The van der Waals surface area contributed by atoms with Crippen molar-refractivity contribution >= 4 is 28.3 Å². The van der Waals surface area contributed by atoms with E-state index >= 15 is 0 Å². The summed E-state index contributed by atoms with van der Waals surface area (Å²) in [5.74, 6) is -0.679. The smallest absolute Gasteiger partial charge is 0.357 e. The minimum absolute atomic E-state index is 0.205. The number of rotatable bonds is 4. The first-order chi connectivity index (χ1) is 11.2. The lowest BCUT2D eigenvalue weighted by Gasteiger charge is -2.16. The van der Waals surface area contributed by atoms with E-state index in [0.29, 0.717) is 17.3 Å². The second-order valence-electron chi connectivity index (χ2n) is 5.40. The van der Waals surface area contributed by atoms with Gasteiger partial charge in [0, 0.05) is 10.9 Å². The average molecular weight is 330 g/mol. The van der Waals surface area contributed by atoms with Gasteiger partial charge in [-0.3, -0.25) is 10.1 Å². The normalized spacial score (nSPS) is 13.3. The molecule has 1 heterocycles. The zero-order chi connectivity index (χ0) is 16.2. The van der Waals surface area contributed by atoms with Gasteiger partial charge in [-0.1, -0.05) is 6.07 Å². The number of amides is 1. The average Bonchev–Trinajstić information content (AvgIpc) is 3.03. The largest absolute Gasteiger partial charge is 0.461 e. The maximum absolute atomic E-state index is 12.3. The SMILES string of the molecule is CCOC(=O)c1csc(NC(=O)c2ccc3c(c2)CCCC3)n1. The van der Waals surface area contributed by atoms with Crippen molar-refractivity contribution in [3.8, 4) is 0 Å². The third-order valence-electron chi connectivity index (χ3n) is 3.82. The fraction of sp³-hybridized carbons (Fsp3) is 0.353. The molecule has 2 aromatic rings. The second-order valence-corrected chi connectivity index (χ2v) is 6.26. The van der Waals surface area contributed by atoms with Gasteiger partial charge in [0.1, 0.15) is 0 Å². The van der Waals surface area contributed by atoms with Crippen molar-refractivity contribution in [3.05, 3.63) is 46.0 Å². The maximum atomic E-state index is 12.3. The Kier molecular flexibility index (Phi) is 4.71. The van der Waals surface area contributed by atoms with Crippen molar-refractivity contribution < 1.29 is 14.3 Å². The first kappa shape index (κ1) is 15.7. The Labute approximate surface area is 138 Å². The van der Waals surface area contributed by atoms with Crippen LogP contribution in [0.15, 0.2) is 23.6 Å². The fourth-order valence-electron chi connectivity index (χ4n) is 2.67. The summed E-state index contributed by atoms with van der Waals surface area (Å²) in [5.41, 5.74) is 3.44. The van der Waals surface area contributed by atoms with Crippen LogP contribution in [-0.2, 0) is 17.6 Å². The van der Waals surface area contributed by atoms with E-state index in [2.05, 4.69) is 10.3 Å². The van der Waals surface area contributed by atoms with Crippen LogP contribution in [0.5, 0.6) is 0 Å². The van der Waals surface area contributed by atoms with E-state index in [0.717, 1.165) is 12.8 Å². The first-order valence-corrected chi connectivity index (χ1v) is 8.61. The molecule has 1 aromatic heterocycles. The molecule has 0 fully saturated rings. The molecule has 6 heteroatoms. The number of aryl methyl sites for hydroxylation is 2. The molecule has 0 unspecified atom stereocenters. The number of hydrogen-bond acceptors (Lipinski definition) is 5. The van der Waals surface area contributed by atoms with Crippen molar-refractivity contribution in [2.24, 2.45) is 0 Å². The Balaban J connectivity index is 1.71. The fourth-order valence-corrected chi connectivity index (χ4v) is 3.35. The molecule has 1 aliphatic rings. The van der Waals surface area contributed by atoms with Gasteiger partial charge in [0.05, 0.1) is 6.61 Å². The highest BCUT2D eigenvalue weighted by Crippen LogP contribution is 2.23. The van der Waals surface area contributed by atoms with Gasteiger partial charge in [0.25, 0.3) is 5.91 Å². The molecule has 1 amide bonds. The number of thiazole rings is 1. The van der Waals surface area contributed by atoms with Crippen LogP contribution in [-0.4, -0.2) is 23.5 Å². The summed E-state index contributed by atoms with van der Waals surface area (Å²) < 4.78 is 4.89. The van der Waals surface area contributed by atoms with Gasteiger partial charge >= 0.3 is 5.97 Å². The molecule has 0 saturated carbocycles. The van der Waals surface area contributed by atoms with Crippen LogP contribution in [0.3, 0.4) is 0 Å². The third kappa shape index (κ3) is 3.59. The van der Waals surface area contributed by atoms with Gasteiger partial charge in [0.2, 0.25) is 0 Å².